The minimum atomic E-state index is -0.926. The van der Waals surface area contributed by atoms with E-state index in [1.165, 1.54) is 17.0 Å². The molecule has 1 fully saturated rings. The number of rotatable bonds is 3. The van der Waals surface area contributed by atoms with Crippen LogP contribution in [0, 0.1) is 11.2 Å². The van der Waals surface area contributed by atoms with Crippen LogP contribution in [0.1, 0.15) is 30.1 Å². The van der Waals surface area contributed by atoms with Crippen LogP contribution in [0.25, 0.3) is 0 Å². The lowest BCUT2D eigenvalue weighted by molar-refractivity contribution is -0.148. The molecular weight excluding hydrogens is 285 g/mol. The van der Waals surface area contributed by atoms with Crippen LogP contribution in [-0.2, 0) is 4.79 Å². The molecule has 0 bridgehead atoms. The average molecular weight is 300 g/mol. The fourth-order valence-electron chi connectivity index (χ4n) is 2.49. The van der Waals surface area contributed by atoms with Crippen molar-refractivity contribution in [1.29, 1.82) is 0 Å². The maximum Gasteiger partial charge on any atom is 0.311 e. The summed E-state index contributed by atoms with van der Waals surface area (Å²) < 4.78 is 13.7. The summed E-state index contributed by atoms with van der Waals surface area (Å²) in [5.41, 5.74) is -1.04. The highest BCUT2D eigenvalue weighted by molar-refractivity contribution is 6.31. The summed E-state index contributed by atoms with van der Waals surface area (Å²) in [7, 11) is 0. The Morgan fingerprint density at radius 1 is 1.50 bits per heavy atom. The molecule has 1 saturated heterocycles. The lowest BCUT2D eigenvalue weighted by Crippen LogP contribution is -2.36. The average Bonchev–Trinajstić information content (AvgIpc) is 2.86. The van der Waals surface area contributed by atoms with Crippen molar-refractivity contribution < 1.29 is 19.1 Å². The maximum absolute atomic E-state index is 13.7. The molecule has 4 nitrogen and oxygen atoms in total. The van der Waals surface area contributed by atoms with Crippen LogP contribution < -0.4 is 0 Å². The van der Waals surface area contributed by atoms with Crippen molar-refractivity contribution in [3.63, 3.8) is 0 Å². The quantitative estimate of drug-likeness (QED) is 0.933. The number of amides is 1. The number of halogens is 2. The van der Waals surface area contributed by atoms with Crippen LogP contribution in [0.3, 0.4) is 0 Å². The summed E-state index contributed by atoms with van der Waals surface area (Å²) in [6.07, 6.45) is 0.816. The zero-order valence-electron chi connectivity index (χ0n) is 11.0. The third kappa shape index (κ3) is 2.50. The zero-order chi connectivity index (χ0) is 14.9. The molecule has 1 unspecified atom stereocenters. The molecule has 6 heteroatoms. The first-order valence-corrected chi connectivity index (χ1v) is 6.75. The summed E-state index contributed by atoms with van der Waals surface area (Å²) in [6, 6.07) is 3.77. The van der Waals surface area contributed by atoms with Crippen molar-refractivity contribution >= 4 is 23.5 Å². The number of hydrogen-bond acceptors (Lipinski definition) is 2. The number of carboxylic acids is 1. The second kappa shape index (κ2) is 5.40. The number of aliphatic carboxylic acids is 1. The van der Waals surface area contributed by atoms with Gasteiger partial charge in [0.1, 0.15) is 5.82 Å². The smallest absolute Gasteiger partial charge is 0.311 e. The van der Waals surface area contributed by atoms with E-state index >= 15 is 0 Å². The number of carboxylic acid groups (broad SMARTS) is 1. The molecule has 1 aliphatic heterocycles. The van der Waals surface area contributed by atoms with Gasteiger partial charge in [-0.1, -0.05) is 18.5 Å². The van der Waals surface area contributed by atoms with Gasteiger partial charge in [-0.05, 0) is 31.0 Å². The van der Waals surface area contributed by atoms with E-state index in [9.17, 15) is 19.1 Å². The molecule has 1 N–H and O–H groups in total. The van der Waals surface area contributed by atoms with Gasteiger partial charge in [-0.15, -0.1) is 0 Å². The van der Waals surface area contributed by atoms with Crippen molar-refractivity contribution in [2.24, 2.45) is 5.41 Å². The minimum absolute atomic E-state index is 0.101. The number of hydrogen-bond donors (Lipinski definition) is 1. The number of nitrogens with zero attached hydrogens (tertiary/aromatic N) is 1. The SMILES string of the molecule is CCC1(C(=O)O)CCN(C(=O)c2cc(Cl)ccc2F)C1. The molecule has 1 aromatic carbocycles. The topological polar surface area (TPSA) is 57.6 Å². The van der Waals surface area contributed by atoms with Crippen LogP contribution in [0.4, 0.5) is 4.39 Å². The van der Waals surface area contributed by atoms with Crippen LogP contribution in [-0.4, -0.2) is 35.0 Å². The van der Waals surface area contributed by atoms with Crippen LogP contribution in [0.2, 0.25) is 5.02 Å². The van der Waals surface area contributed by atoms with Gasteiger partial charge in [0.05, 0.1) is 11.0 Å². The molecule has 0 aromatic heterocycles. The Hall–Kier alpha value is -1.62. The zero-order valence-corrected chi connectivity index (χ0v) is 11.8. The third-order valence-electron chi connectivity index (χ3n) is 3.93. The van der Waals surface area contributed by atoms with E-state index in [1.54, 1.807) is 6.92 Å². The van der Waals surface area contributed by atoms with Gasteiger partial charge in [-0.3, -0.25) is 9.59 Å². The van der Waals surface area contributed by atoms with Crippen molar-refractivity contribution in [1.82, 2.24) is 4.90 Å². The Bertz CT molecular complexity index is 563. The second-order valence-corrected chi connectivity index (χ2v) is 5.48. The second-order valence-electron chi connectivity index (χ2n) is 5.04. The minimum Gasteiger partial charge on any atom is -0.481 e. The molecule has 1 atom stereocenters. The van der Waals surface area contributed by atoms with E-state index in [0.717, 1.165) is 6.07 Å². The third-order valence-corrected chi connectivity index (χ3v) is 4.17. The fourth-order valence-corrected chi connectivity index (χ4v) is 2.66. The summed E-state index contributed by atoms with van der Waals surface area (Å²) in [5.74, 6) is -2.08. The molecule has 0 aliphatic carbocycles. The molecule has 1 aromatic rings. The van der Waals surface area contributed by atoms with Gasteiger partial charge in [-0.2, -0.15) is 0 Å². The van der Waals surface area contributed by atoms with Gasteiger partial charge in [0, 0.05) is 18.1 Å². The fraction of sp³-hybridized carbons (Fsp3) is 0.429. The van der Waals surface area contributed by atoms with E-state index in [2.05, 4.69) is 0 Å². The number of likely N-dealkylation sites (tertiary alicyclic amines) is 1. The molecule has 2 rings (SSSR count). The first kappa shape index (κ1) is 14.8. The van der Waals surface area contributed by atoms with E-state index in [-0.39, 0.29) is 17.1 Å². The van der Waals surface area contributed by atoms with E-state index in [0.29, 0.717) is 19.4 Å². The molecule has 0 spiro atoms. The molecule has 1 heterocycles. The van der Waals surface area contributed by atoms with Crippen molar-refractivity contribution in [2.75, 3.05) is 13.1 Å². The Morgan fingerprint density at radius 2 is 2.20 bits per heavy atom. The Kier molecular flexibility index (Phi) is 3.99. The molecule has 1 aliphatic rings. The van der Waals surface area contributed by atoms with E-state index < -0.39 is 23.1 Å². The lowest BCUT2D eigenvalue weighted by Gasteiger charge is -2.23. The molecule has 108 valence electrons. The Labute approximate surface area is 121 Å². The Balaban J connectivity index is 2.24. The van der Waals surface area contributed by atoms with Gasteiger partial charge in [0.25, 0.3) is 5.91 Å². The molecule has 1 amide bonds. The first-order valence-electron chi connectivity index (χ1n) is 6.37. The number of carbonyl (C=O) groups is 2. The summed E-state index contributed by atoms with van der Waals surface area (Å²) in [6.45, 7) is 2.19. The monoisotopic (exact) mass is 299 g/mol. The normalized spacial score (nSPS) is 22.1. The first-order chi connectivity index (χ1) is 9.39. The highest BCUT2D eigenvalue weighted by atomic mass is 35.5. The van der Waals surface area contributed by atoms with E-state index in [4.69, 9.17) is 11.6 Å². The molecule has 0 radical (unpaired) electrons. The molecular formula is C14H15ClFNO3. The standard InChI is InChI=1S/C14H15ClFNO3/c1-2-14(13(19)20)5-6-17(8-14)12(18)10-7-9(15)3-4-11(10)16/h3-4,7H,2,5-6,8H2,1H3,(H,19,20). The maximum atomic E-state index is 13.7. The van der Waals surface area contributed by atoms with Gasteiger partial charge in [0.2, 0.25) is 0 Å². The van der Waals surface area contributed by atoms with Crippen molar-refractivity contribution in [3.05, 3.63) is 34.6 Å². The van der Waals surface area contributed by atoms with Gasteiger partial charge >= 0.3 is 5.97 Å². The predicted molar refractivity (Wildman–Crippen MR) is 72.3 cm³/mol. The number of benzene rings is 1. The summed E-state index contributed by atoms with van der Waals surface area (Å²) >= 11 is 5.77. The lowest BCUT2D eigenvalue weighted by atomic mass is 9.84. The van der Waals surface area contributed by atoms with Crippen LogP contribution >= 0.6 is 11.6 Å². The predicted octanol–water partition coefficient (Wildman–Crippen LogP) is 2.81. The highest BCUT2D eigenvalue weighted by Gasteiger charge is 2.45. The molecule has 20 heavy (non-hydrogen) atoms. The van der Waals surface area contributed by atoms with Gasteiger partial charge in [-0.25, -0.2) is 4.39 Å². The highest BCUT2D eigenvalue weighted by Crippen LogP contribution is 2.35. The van der Waals surface area contributed by atoms with E-state index in [1.807, 2.05) is 0 Å². The van der Waals surface area contributed by atoms with Crippen LogP contribution in [0.5, 0.6) is 0 Å². The summed E-state index contributed by atoms with van der Waals surface area (Å²) in [4.78, 5) is 25.0. The summed E-state index contributed by atoms with van der Waals surface area (Å²) in [5, 5.41) is 9.57. The van der Waals surface area contributed by atoms with Crippen molar-refractivity contribution in [3.8, 4) is 0 Å². The Morgan fingerprint density at radius 3 is 2.75 bits per heavy atom. The van der Waals surface area contributed by atoms with Crippen molar-refractivity contribution in [2.45, 2.75) is 19.8 Å². The van der Waals surface area contributed by atoms with Gasteiger partial charge < -0.3 is 10.0 Å². The molecule has 0 saturated carbocycles. The van der Waals surface area contributed by atoms with Gasteiger partial charge in [0.15, 0.2) is 0 Å². The number of carbonyl (C=O) groups excluding carboxylic acids is 1. The largest absolute Gasteiger partial charge is 0.481 e. The van der Waals surface area contributed by atoms with Crippen LogP contribution in [0.15, 0.2) is 18.2 Å².